The Balaban J connectivity index is 2.10. The van der Waals surface area contributed by atoms with Crippen molar-refractivity contribution in [3.63, 3.8) is 0 Å². The number of allylic oxidation sites excluding steroid dienone is 2. The van der Waals surface area contributed by atoms with Crippen LogP contribution in [0.4, 0.5) is 0 Å². The summed E-state index contributed by atoms with van der Waals surface area (Å²) in [5, 5.41) is 0. The van der Waals surface area contributed by atoms with Crippen LogP contribution >= 0.6 is 0 Å². The average molecular weight is 178 g/mol. The standard InChI is InChI=1S/C11H14O2/c1-7-10(6-12)11(7)8-3-2-4-9(13)5-8/h5-7,10-11H,2-4H2,1H3/t7-,10-,11?/m0/s1. The van der Waals surface area contributed by atoms with E-state index in [9.17, 15) is 9.59 Å². The van der Waals surface area contributed by atoms with Crippen LogP contribution in [0.15, 0.2) is 11.6 Å². The second-order valence-corrected chi connectivity index (χ2v) is 4.14. The molecule has 0 radical (unpaired) electrons. The van der Waals surface area contributed by atoms with Crippen LogP contribution in [0, 0.1) is 17.8 Å². The van der Waals surface area contributed by atoms with Gasteiger partial charge in [-0.3, -0.25) is 4.79 Å². The maximum absolute atomic E-state index is 11.1. The minimum Gasteiger partial charge on any atom is -0.303 e. The molecular formula is C11H14O2. The summed E-state index contributed by atoms with van der Waals surface area (Å²) >= 11 is 0. The van der Waals surface area contributed by atoms with Crippen LogP contribution in [-0.4, -0.2) is 12.1 Å². The van der Waals surface area contributed by atoms with Gasteiger partial charge >= 0.3 is 0 Å². The molecule has 0 aliphatic heterocycles. The predicted octanol–water partition coefficient (Wildman–Crippen LogP) is 1.75. The summed E-state index contributed by atoms with van der Waals surface area (Å²) in [7, 11) is 0. The topological polar surface area (TPSA) is 34.1 Å². The van der Waals surface area contributed by atoms with Crippen LogP contribution < -0.4 is 0 Å². The summed E-state index contributed by atoms with van der Waals surface area (Å²) in [5.41, 5.74) is 1.22. The Hall–Kier alpha value is -0.920. The zero-order valence-corrected chi connectivity index (χ0v) is 7.82. The molecule has 0 aromatic rings. The number of carbonyl (C=O) groups is 2. The van der Waals surface area contributed by atoms with Crippen LogP contribution in [0.25, 0.3) is 0 Å². The molecule has 0 aromatic carbocycles. The fourth-order valence-electron chi connectivity index (χ4n) is 2.37. The Kier molecular flexibility index (Phi) is 2.06. The van der Waals surface area contributed by atoms with Gasteiger partial charge in [0.2, 0.25) is 0 Å². The summed E-state index contributed by atoms with van der Waals surface area (Å²) in [6, 6.07) is 0. The van der Waals surface area contributed by atoms with Crippen molar-refractivity contribution >= 4 is 12.1 Å². The second-order valence-electron chi connectivity index (χ2n) is 4.14. The number of ketones is 1. The van der Waals surface area contributed by atoms with Gasteiger partial charge in [-0.15, -0.1) is 0 Å². The summed E-state index contributed by atoms with van der Waals surface area (Å²) < 4.78 is 0. The predicted molar refractivity (Wildman–Crippen MR) is 49.1 cm³/mol. The molecule has 2 rings (SSSR count). The maximum atomic E-state index is 11.1. The molecule has 1 saturated carbocycles. The number of hydrogen-bond acceptors (Lipinski definition) is 2. The fourth-order valence-corrected chi connectivity index (χ4v) is 2.37. The van der Waals surface area contributed by atoms with Gasteiger partial charge in [0.15, 0.2) is 5.78 Å². The summed E-state index contributed by atoms with van der Waals surface area (Å²) in [5.74, 6) is 1.29. The highest BCUT2D eigenvalue weighted by atomic mass is 16.1. The van der Waals surface area contributed by atoms with Crippen LogP contribution in [-0.2, 0) is 9.59 Å². The Morgan fingerprint density at radius 1 is 1.46 bits per heavy atom. The van der Waals surface area contributed by atoms with Crippen molar-refractivity contribution in [1.29, 1.82) is 0 Å². The van der Waals surface area contributed by atoms with Gasteiger partial charge < -0.3 is 4.79 Å². The first-order chi connectivity index (χ1) is 6.24. The molecule has 0 saturated heterocycles. The zero-order chi connectivity index (χ0) is 9.42. The summed E-state index contributed by atoms with van der Waals surface area (Å²) in [6.45, 7) is 2.09. The van der Waals surface area contributed by atoms with Gasteiger partial charge in [0.1, 0.15) is 6.29 Å². The largest absolute Gasteiger partial charge is 0.303 e. The van der Waals surface area contributed by atoms with Gasteiger partial charge in [-0.2, -0.15) is 0 Å². The highest BCUT2D eigenvalue weighted by molar-refractivity contribution is 5.91. The van der Waals surface area contributed by atoms with E-state index < -0.39 is 0 Å². The van der Waals surface area contributed by atoms with E-state index in [0.717, 1.165) is 19.1 Å². The van der Waals surface area contributed by atoms with E-state index in [-0.39, 0.29) is 11.7 Å². The van der Waals surface area contributed by atoms with E-state index in [0.29, 0.717) is 18.3 Å². The molecule has 0 aromatic heterocycles. The van der Waals surface area contributed by atoms with Crippen molar-refractivity contribution in [1.82, 2.24) is 0 Å². The SMILES string of the molecule is C[C@@H]1C(C2=CC(=O)CCC2)[C@H]1C=O. The number of rotatable bonds is 2. The van der Waals surface area contributed by atoms with Gasteiger partial charge in [0.05, 0.1) is 0 Å². The lowest BCUT2D eigenvalue weighted by Gasteiger charge is -2.10. The average Bonchev–Trinajstić information content (AvgIpc) is 2.76. The summed E-state index contributed by atoms with van der Waals surface area (Å²) in [6.07, 6.45) is 5.49. The number of carbonyl (C=O) groups excluding carboxylic acids is 2. The second kappa shape index (κ2) is 3.09. The molecule has 0 spiro atoms. The van der Waals surface area contributed by atoms with Gasteiger partial charge in [-0.1, -0.05) is 12.5 Å². The Morgan fingerprint density at radius 3 is 2.77 bits per heavy atom. The monoisotopic (exact) mass is 178 g/mol. The van der Waals surface area contributed by atoms with Gasteiger partial charge in [-0.25, -0.2) is 0 Å². The zero-order valence-electron chi connectivity index (χ0n) is 7.82. The Morgan fingerprint density at radius 2 is 2.23 bits per heavy atom. The van der Waals surface area contributed by atoms with Crippen molar-refractivity contribution in [2.45, 2.75) is 26.2 Å². The van der Waals surface area contributed by atoms with Crippen molar-refractivity contribution < 1.29 is 9.59 Å². The molecule has 2 nitrogen and oxygen atoms in total. The van der Waals surface area contributed by atoms with Gasteiger partial charge in [0.25, 0.3) is 0 Å². The highest BCUT2D eigenvalue weighted by Crippen LogP contribution is 2.51. The van der Waals surface area contributed by atoms with E-state index >= 15 is 0 Å². The minimum absolute atomic E-state index is 0.192. The van der Waals surface area contributed by atoms with Crippen LogP contribution in [0.3, 0.4) is 0 Å². The fraction of sp³-hybridized carbons (Fsp3) is 0.636. The van der Waals surface area contributed by atoms with Crippen LogP contribution in [0.2, 0.25) is 0 Å². The lowest BCUT2D eigenvalue weighted by molar-refractivity contribution is -0.115. The first-order valence-electron chi connectivity index (χ1n) is 4.92. The molecule has 1 unspecified atom stereocenters. The molecule has 2 aliphatic rings. The Bertz CT molecular complexity index is 278. The molecule has 0 bridgehead atoms. The third-order valence-corrected chi connectivity index (χ3v) is 3.27. The molecule has 1 fully saturated rings. The van der Waals surface area contributed by atoms with Crippen molar-refractivity contribution in [3.8, 4) is 0 Å². The molecule has 2 heteroatoms. The minimum atomic E-state index is 0.192. The quantitative estimate of drug-likeness (QED) is 0.604. The lowest BCUT2D eigenvalue weighted by Crippen LogP contribution is -2.05. The first kappa shape index (κ1) is 8.67. The number of hydrogen-bond donors (Lipinski definition) is 0. The third kappa shape index (κ3) is 1.45. The van der Waals surface area contributed by atoms with E-state index in [1.54, 1.807) is 6.08 Å². The number of aldehydes is 1. The van der Waals surface area contributed by atoms with Gasteiger partial charge in [-0.05, 0) is 30.8 Å². The van der Waals surface area contributed by atoms with Crippen molar-refractivity contribution in [2.24, 2.45) is 17.8 Å². The smallest absolute Gasteiger partial charge is 0.155 e. The molecule has 2 aliphatic carbocycles. The molecule has 0 amide bonds. The van der Waals surface area contributed by atoms with E-state index in [4.69, 9.17) is 0 Å². The van der Waals surface area contributed by atoms with E-state index in [1.807, 2.05) is 0 Å². The maximum Gasteiger partial charge on any atom is 0.155 e. The van der Waals surface area contributed by atoms with Crippen LogP contribution in [0.5, 0.6) is 0 Å². The Labute approximate surface area is 78.0 Å². The molecule has 70 valence electrons. The van der Waals surface area contributed by atoms with E-state index in [1.165, 1.54) is 5.57 Å². The van der Waals surface area contributed by atoms with Crippen LogP contribution in [0.1, 0.15) is 26.2 Å². The molecule has 0 N–H and O–H groups in total. The highest BCUT2D eigenvalue weighted by Gasteiger charge is 2.48. The third-order valence-electron chi connectivity index (χ3n) is 3.27. The lowest BCUT2D eigenvalue weighted by atomic mass is 9.94. The van der Waals surface area contributed by atoms with Gasteiger partial charge in [0, 0.05) is 12.3 Å². The summed E-state index contributed by atoms with van der Waals surface area (Å²) in [4.78, 5) is 21.7. The molecule has 13 heavy (non-hydrogen) atoms. The molecular weight excluding hydrogens is 164 g/mol. The molecule has 0 heterocycles. The first-order valence-corrected chi connectivity index (χ1v) is 4.92. The van der Waals surface area contributed by atoms with E-state index in [2.05, 4.69) is 6.92 Å². The molecule has 3 atom stereocenters. The normalized spacial score (nSPS) is 38.4. The van der Waals surface area contributed by atoms with Crippen molar-refractivity contribution in [2.75, 3.05) is 0 Å². The van der Waals surface area contributed by atoms with Crippen molar-refractivity contribution in [3.05, 3.63) is 11.6 Å².